The molecule has 0 radical (unpaired) electrons. The lowest BCUT2D eigenvalue weighted by molar-refractivity contribution is -0.150. The number of carbonyl (C=O) groups is 2. The molecule has 0 spiro atoms. The van der Waals surface area contributed by atoms with Gasteiger partial charge >= 0.3 is 11.9 Å². The van der Waals surface area contributed by atoms with Gasteiger partial charge < -0.3 is 9.84 Å². The van der Waals surface area contributed by atoms with E-state index in [0.717, 1.165) is 25.7 Å². The van der Waals surface area contributed by atoms with E-state index in [1.165, 1.54) is 154 Å². The third-order valence-electron chi connectivity index (χ3n) is 8.58. The number of esters is 1. The lowest BCUT2D eigenvalue weighted by Gasteiger charge is -2.18. The first-order valence-electron chi connectivity index (χ1n) is 18.5. The first kappa shape index (κ1) is 39.9. The van der Waals surface area contributed by atoms with Crippen LogP contribution in [0.3, 0.4) is 0 Å². The molecule has 0 bridgehead atoms. The molecule has 0 rings (SSSR count). The lowest BCUT2D eigenvalue weighted by Crippen LogP contribution is -2.18. The second kappa shape index (κ2) is 33.4. The van der Waals surface area contributed by atoms with Crippen molar-refractivity contribution in [1.29, 1.82) is 0 Å². The molecule has 4 nitrogen and oxygen atoms in total. The monoisotopic (exact) mass is 581 g/mol. The van der Waals surface area contributed by atoms with Gasteiger partial charge in [-0.05, 0) is 32.1 Å². The molecule has 0 fully saturated rings. The summed E-state index contributed by atoms with van der Waals surface area (Å²) in [5.74, 6) is -0.854. The minimum atomic E-state index is -0.767. The van der Waals surface area contributed by atoms with E-state index in [1.807, 2.05) is 0 Å². The number of hydrogen-bond acceptors (Lipinski definition) is 3. The molecule has 1 N–H and O–H groups in total. The Labute approximate surface area is 256 Å². The number of unbranched alkanes of at least 4 members (excludes halogenated alkanes) is 25. The number of hydrogen-bond donors (Lipinski definition) is 1. The van der Waals surface area contributed by atoms with E-state index < -0.39 is 5.97 Å². The Bertz CT molecular complexity index is 547. The van der Waals surface area contributed by atoms with E-state index >= 15 is 0 Å². The second-order valence-corrected chi connectivity index (χ2v) is 12.8. The molecular weight excluding hydrogens is 508 g/mol. The van der Waals surface area contributed by atoms with Gasteiger partial charge in [0.25, 0.3) is 0 Å². The number of carboxylic acid groups (broad SMARTS) is 1. The molecule has 0 aliphatic heterocycles. The number of carbonyl (C=O) groups excluding carboxylic acids is 1. The second-order valence-electron chi connectivity index (χ2n) is 12.8. The topological polar surface area (TPSA) is 63.6 Å². The Balaban J connectivity index is 3.65. The van der Waals surface area contributed by atoms with Gasteiger partial charge in [-0.1, -0.05) is 174 Å². The zero-order valence-corrected chi connectivity index (χ0v) is 27.9. The summed E-state index contributed by atoms with van der Waals surface area (Å²) in [6.45, 7) is 4.53. The van der Waals surface area contributed by atoms with E-state index in [1.54, 1.807) is 0 Å². The van der Waals surface area contributed by atoms with Crippen LogP contribution >= 0.6 is 0 Å². The van der Waals surface area contributed by atoms with Crippen LogP contribution in [0.25, 0.3) is 0 Å². The molecule has 1 atom stereocenters. The summed E-state index contributed by atoms with van der Waals surface area (Å²) in [6.07, 6.45) is 38.4. The third kappa shape index (κ3) is 33.3. The van der Waals surface area contributed by atoms with Crippen LogP contribution < -0.4 is 0 Å². The summed E-state index contributed by atoms with van der Waals surface area (Å²) in [7, 11) is 0. The Morgan fingerprint density at radius 3 is 1.12 bits per heavy atom. The van der Waals surface area contributed by atoms with Crippen LogP contribution in [0, 0.1) is 0 Å². The number of ether oxygens (including phenoxy) is 1. The van der Waals surface area contributed by atoms with Crippen LogP contribution in [0.2, 0.25) is 0 Å². The molecule has 0 aromatic carbocycles. The van der Waals surface area contributed by atoms with Gasteiger partial charge in [0, 0.05) is 12.8 Å². The van der Waals surface area contributed by atoms with E-state index in [4.69, 9.17) is 9.84 Å². The van der Waals surface area contributed by atoms with Crippen LogP contribution in [0.5, 0.6) is 0 Å². The summed E-state index contributed by atoms with van der Waals surface area (Å²) in [5.41, 5.74) is 0. The predicted octanol–water partition coefficient (Wildman–Crippen LogP) is 12.5. The zero-order chi connectivity index (χ0) is 30.1. The zero-order valence-electron chi connectivity index (χ0n) is 27.9. The summed E-state index contributed by atoms with van der Waals surface area (Å²) < 4.78 is 5.80. The third-order valence-corrected chi connectivity index (χ3v) is 8.58. The van der Waals surface area contributed by atoms with Crippen molar-refractivity contribution in [2.24, 2.45) is 0 Å². The van der Waals surface area contributed by atoms with E-state index in [2.05, 4.69) is 13.8 Å². The Morgan fingerprint density at radius 1 is 0.439 bits per heavy atom. The molecule has 1 unspecified atom stereocenters. The van der Waals surface area contributed by atoms with E-state index in [0.29, 0.717) is 19.3 Å². The fourth-order valence-corrected chi connectivity index (χ4v) is 5.84. The van der Waals surface area contributed by atoms with Crippen molar-refractivity contribution in [3.63, 3.8) is 0 Å². The highest BCUT2D eigenvalue weighted by Crippen LogP contribution is 2.18. The van der Waals surface area contributed by atoms with Gasteiger partial charge in [0.1, 0.15) is 6.10 Å². The van der Waals surface area contributed by atoms with Gasteiger partial charge in [-0.25, -0.2) is 0 Å². The average molecular weight is 581 g/mol. The Kier molecular flexibility index (Phi) is 32.6. The minimum absolute atomic E-state index is 0.0862. The van der Waals surface area contributed by atoms with Crippen molar-refractivity contribution in [2.45, 2.75) is 225 Å². The van der Waals surface area contributed by atoms with E-state index in [-0.39, 0.29) is 18.5 Å². The van der Waals surface area contributed by atoms with Crippen molar-refractivity contribution in [1.82, 2.24) is 0 Å². The fourth-order valence-electron chi connectivity index (χ4n) is 5.84. The van der Waals surface area contributed by atoms with Crippen LogP contribution in [0.1, 0.15) is 219 Å². The SMILES string of the molecule is CCCCCCCCCCCCCCCCCCCCCC(=O)OC(CCCCCCCCCC)CCCC(=O)O. The maximum atomic E-state index is 12.4. The smallest absolute Gasteiger partial charge is 0.306 e. The first-order chi connectivity index (χ1) is 20.1. The van der Waals surface area contributed by atoms with Crippen molar-refractivity contribution in [2.75, 3.05) is 0 Å². The average Bonchev–Trinajstić information content (AvgIpc) is 2.95. The van der Waals surface area contributed by atoms with Crippen LogP contribution in [0.15, 0.2) is 0 Å². The van der Waals surface area contributed by atoms with Gasteiger partial charge in [-0.15, -0.1) is 0 Å². The molecule has 0 saturated heterocycles. The molecule has 244 valence electrons. The molecule has 0 aliphatic rings. The van der Waals surface area contributed by atoms with Crippen LogP contribution in [-0.4, -0.2) is 23.1 Å². The summed E-state index contributed by atoms with van der Waals surface area (Å²) in [4.78, 5) is 23.3. The first-order valence-corrected chi connectivity index (χ1v) is 18.5. The van der Waals surface area contributed by atoms with Gasteiger partial charge in [0.2, 0.25) is 0 Å². The molecule has 0 heterocycles. The molecule has 0 aliphatic carbocycles. The maximum absolute atomic E-state index is 12.4. The van der Waals surface area contributed by atoms with E-state index in [9.17, 15) is 9.59 Å². The summed E-state index contributed by atoms with van der Waals surface area (Å²) >= 11 is 0. The quantitative estimate of drug-likeness (QED) is 0.0607. The normalized spacial score (nSPS) is 12.0. The van der Waals surface area contributed by atoms with Crippen molar-refractivity contribution >= 4 is 11.9 Å². The van der Waals surface area contributed by atoms with Crippen LogP contribution in [-0.2, 0) is 14.3 Å². The highest BCUT2D eigenvalue weighted by Gasteiger charge is 2.15. The fraction of sp³-hybridized carbons (Fsp3) is 0.946. The molecule has 4 heteroatoms. The van der Waals surface area contributed by atoms with Gasteiger partial charge in [0.05, 0.1) is 0 Å². The molecule has 0 aromatic rings. The van der Waals surface area contributed by atoms with Crippen molar-refractivity contribution in [3.8, 4) is 0 Å². The minimum Gasteiger partial charge on any atom is -0.481 e. The molecule has 0 amide bonds. The van der Waals surface area contributed by atoms with Crippen LogP contribution in [0.4, 0.5) is 0 Å². The highest BCUT2D eigenvalue weighted by molar-refractivity contribution is 5.69. The molecule has 41 heavy (non-hydrogen) atoms. The predicted molar refractivity (Wildman–Crippen MR) is 177 cm³/mol. The van der Waals surface area contributed by atoms with Gasteiger partial charge in [-0.2, -0.15) is 0 Å². The molecule has 0 aromatic heterocycles. The lowest BCUT2D eigenvalue weighted by atomic mass is 10.0. The number of carboxylic acids is 1. The standard InChI is InChI=1S/C37H72O4/c1-3-5-7-9-11-13-14-15-16-17-18-19-20-21-22-23-25-27-29-34-37(40)41-35(32-30-33-36(38)39)31-28-26-24-12-10-8-6-4-2/h35H,3-34H2,1-2H3,(H,38,39). The van der Waals surface area contributed by atoms with Gasteiger partial charge in [0.15, 0.2) is 0 Å². The van der Waals surface area contributed by atoms with Crippen molar-refractivity contribution < 1.29 is 19.4 Å². The van der Waals surface area contributed by atoms with Gasteiger partial charge in [-0.3, -0.25) is 9.59 Å². The number of rotatable bonds is 34. The summed E-state index contributed by atoms with van der Waals surface area (Å²) in [5, 5.41) is 8.96. The maximum Gasteiger partial charge on any atom is 0.306 e. The van der Waals surface area contributed by atoms with Crippen molar-refractivity contribution in [3.05, 3.63) is 0 Å². The Morgan fingerprint density at radius 2 is 0.756 bits per heavy atom. The largest absolute Gasteiger partial charge is 0.481 e. The molecule has 0 saturated carbocycles. The number of aliphatic carboxylic acids is 1. The highest BCUT2D eigenvalue weighted by atomic mass is 16.5. The molecular formula is C37H72O4. The Hall–Kier alpha value is -1.06. The summed E-state index contributed by atoms with van der Waals surface area (Å²) in [6, 6.07) is 0.